The van der Waals surface area contributed by atoms with Crippen molar-refractivity contribution in [2.24, 2.45) is 11.8 Å². The predicted molar refractivity (Wildman–Crippen MR) is 76.5 cm³/mol. The molecular formula is C15H30N2O. The Balaban J connectivity index is 2.31. The minimum atomic E-state index is 0.386. The summed E-state index contributed by atoms with van der Waals surface area (Å²) in [4.78, 5) is 14.3. The molecule has 1 fully saturated rings. The van der Waals surface area contributed by atoms with Gasteiger partial charge in [0.15, 0.2) is 0 Å². The van der Waals surface area contributed by atoms with E-state index in [0.717, 1.165) is 32.5 Å². The zero-order chi connectivity index (χ0) is 13.4. The van der Waals surface area contributed by atoms with E-state index in [1.54, 1.807) is 0 Å². The molecule has 1 amide bonds. The van der Waals surface area contributed by atoms with Crippen LogP contribution in [-0.4, -0.2) is 37.5 Å². The highest BCUT2D eigenvalue weighted by Gasteiger charge is 2.26. The number of likely N-dealkylation sites (tertiary alicyclic amines) is 1. The van der Waals surface area contributed by atoms with Crippen LogP contribution in [0.5, 0.6) is 0 Å². The van der Waals surface area contributed by atoms with Crippen LogP contribution < -0.4 is 5.32 Å². The number of hydrogen-bond acceptors (Lipinski definition) is 2. The zero-order valence-electron chi connectivity index (χ0n) is 12.4. The molecule has 1 aliphatic heterocycles. The van der Waals surface area contributed by atoms with Crippen LogP contribution in [-0.2, 0) is 4.79 Å². The molecule has 3 heteroatoms. The molecular weight excluding hydrogens is 224 g/mol. The molecule has 18 heavy (non-hydrogen) atoms. The Bertz CT molecular complexity index is 243. The molecule has 0 saturated carbocycles. The van der Waals surface area contributed by atoms with E-state index < -0.39 is 0 Å². The molecule has 1 N–H and O–H groups in total. The van der Waals surface area contributed by atoms with Gasteiger partial charge in [0, 0.05) is 19.5 Å². The van der Waals surface area contributed by atoms with Crippen molar-refractivity contribution in [3.63, 3.8) is 0 Å². The van der Waals surface area contributed by atoms with Crippen LogP contribution in [0.3, 0.4) is 0 Å². The number of carbonyl (C=O) groups excluding carboxylic acids is 1. The summed E-state index contributed by atoms with van der Waals surface area (Å²) < 4.78 is 0. The first-order valence-electron chi connectivity index (χ1n) is 7.63. The van der Waals surface area contributed by atoms with Crippen LogP contribution >= 0.6 is 0 Å². The number of nitrogens with one attached hydrogen (secondary N) is 1. The predicted octanol–water partition coefficient (Wildman–Crippen LogP) is 2.66. The molecule has 2 unspecified atom stereocenters. The van der Waals surface area contributed by atoms with Crippen LogP contribution in [0, 0.1) is 11.8 Å². The molecule has 0 aromatic rings. The second-order valence-electron chi connectivity index (χ2n) is 5.67. The zero-order valence-corrected chi connectivity index (χ0v) is 12.4. The van der Waals surface area contributed by atoms with E-state index in [9.17, 15) is 4.79 Å². The smallest absolute Gasteiger partial charge is 0.222 e. The molecule has 0 radical (unpaired) electrons. The van der Waals surface area contributed by atoms with Gasteiger partial charge in [-0.25, -0.2) is 0 Å². The minimum absolute atomic E-state index is 0.386. The number of hydrogen-bond donors (Lipinski definition) is 1. The van der Waals surface area contributed by atoms with Crippen molar-refractivity contribution >= 4 is 5.91 Å². The summed E-state index contributed by atoms with van der Waals surface area (Å²) in [6, 6.07) is 0. The minimum Gasteiger partial charge on any atom is -0.342 e. The van der Waals surface area contributed by atoms with E-state index in [1.165, 1.54) is 25.7 Å². The third kappa shape index (κ3) is 4.97. The normalized spacial score (nSPS) is 21.3. The van der Waals surface area contributed by atoms with Crippen molar-refractivity contribution in [2.75, 3.05) is 26.7 Å². The third-order valence-electron chi connectivity index (χ3n) is 4.14. The summed E-state index contributed by atoms with van der Waals surface area (Å²) in [7, 11) is 1.99. The Morgan fingerprint density at radius 2 is 2.22 bits per heavy atom. The van der Waals surface area contributed by atoms with Gasteiger partial charge < -0.3 is 10.2 Å². The van der Waals surface area contributed by atoms with Gasteiger partial charge in [-0.3, -0.25) is 4.79 Å². The standard InChI is InChI=1S/C15H30N2O/c1-4-6-7-13(5-2)10-15(18)17-9-8-14(12-17)11-16-3/h13-14,16H,4-12H2,1-3H3. The maximum absolute atomic E-state index is 12.2. The quantitative estimate of drug-likeness (QED) is 0.722. The number of amides is 1. The van der Waals surface area contributed by atoms with E-state index in [2.05, 4.69) is 24.1 Å². The van der Waals surface area contributed by atoms with Crippen molar-refractivity contribution in [3.8, 4) is 0 Å². The highest BCUT2D eigenvalue weighted by atomic mass is 16.2. The average Bonchev–Trinajstić information content (AvgIpc) is 2.83. The summed E-state index contributed by atoms with van der Waals surface area (Å²) in [6.07, 6.45) is 6.78. The number of unbranched alkanes of at least 4 members (excludes halogenated alkanes) is 1. The summed E-state index contributed by atoms with van der Waals surface area (Å²) in [5.74, 6) is 1.65. The number of nitrogens with zero attached hydrogens (tertiary/aromatic N) is 1. The summed E-state index contributed by atoms with van der Waals surface area (Å²) in [5.41, 5.74) is 0. The van der Waals surface area contributed by atoms with Gasteiger partial charge in [0.05, 0.1) is 0 Å². The lowest BCUT2D eigenvalue weighted by Gasteiger charge is -2.20. The molecule has 1 aliphatic rings. The largest absolute Gasteiger partial charge is 0.342 e. The van der Waals surface area contributed by atoms with Crippen LogP contribution in [0.25, 0.3) is 0 Å². The Kier molecular flexibility index (Phi) is 7.33. The van der Waals surface area contributed by atoms with E-state index >= 15 is 0 Å². The lowest BCUT2D eigenvalue weighted by atomic mass is 9.95. The Labute approximate surface area is 112 Å². The van der Waals surface area contributed by atoms with Crippen molar-refractivity contribution in [1.82, 2.24) is 10.2 Å². The second-order valence-corrected chi connectivity index (χ2v) is 5.67. The lowest BCUT2D eigenvalue weighted by Crippen LogP contribution is -2.31. The molecule has 0 spiro atoms. The van der Waals surface area contributed by atoms with Crippen molar-refractivity contribution in [3.05, 3.63) is 0 Å². The summed E-state index contributed by atoms with van der Waals surface area (Å²) in [5, 5.41) is 3.21. The molecule has 0 aromatic carbocycles. The van der Waals surface area contributed by atoms with Crippen LogP contribution in [0.15, 0.2) is 0 Å². The SMILES string of the molecule is CCCCC(CC)CC(=O)N1CCC(CNC)C1. The van der Waals surface area contributed by atoms with Gasteiger partial charge in [-0.05, 0) is 38.3 Å². The fourth-order valence-corrected chi connectivity index (χ4v) is 2.83. The van der Waals surface area contributed by atoms with Gasteiger partial charge in [0.1, 0.15) is 0 Å². The van der Waals surface area contributed by atoms with Crippen molar-refractivity contribution in [2.45, 2.75) is 52.4 Å². The fraction of sp³-hybridized carbons (Fsp3) is 0.933. The Morgan fingerprint density at radius 1 is 1.44 bits per heavy atom. The number of rotatable bonds is 8. The number of carbonyl (C=O) groups is 1. The lowest BCUT2D eigenvalue weighted by molar-refractivity contribution is -0.131. The fourth-order valence-electron chi connectivity index (χ4n) is 2.83. The molecule has 1 rings (SSSR count). The van der Waals surface area contributed by atoms with Crippen LogP contribution in [0.4, 0.5) is 0 Å². The first kappa shape index (κ1) is 15.5. The molecule has 0 aliphatic carbocycles. The van der Waals surface area contributed by atoms with Gasteiger partial charge in [-0.1, -0.05) is 33.1 Å². The highest BCUT2D eigenvalue weighted by Crippen LogP contribution is 2.21. The molecule has 0 bridgehead atoms. The van der Waals surface area contributed by atoms with Crippen molar-refractivity contribution < 1.29 is 4.79 Å². The first-order chi connectivity index (χ1) is 8.71. The van der Waals surface area contributed by atoms with E-state index in [4.69, 9.17) is 0 Å². The van der Waals surface area contributed by atoms with Crippen LogP contribution in [0.2, 0.25) is 0 Å². The third-order valence-corrected chi connectivity index (χ3v) is 4.14. The molecule has 1 heterocycles. The van der Waals surface area contributed by atoms with E-state index in [1.807, 2.05) is 7.05 Å². The van der Waals surface area contributed by atoms with Crippen LogP contribution in [0.1, 0.15) is 52.4 Å². The molecule has 3 nitrogen and oxygen atoms in total. The van der Waals surface area contributed by atoms with Gasteiger partial charge >= 0.3 is 0 Å². The molecule has 1 saturated heterocycles. The van der Waals surface area contributed by atoms with Crippen molar-refractivity contribution in [1.29, 1.82) is 0 Å². The molecule has 106 valence electrons. The maximum atomic E-state index is 12.2. The molecule has 2 atom stereocenters. The monoisotopic (exact) mass is 254 g/mol. The van der Waals surface area contributed by atoms with Gasteiger partial charge in [-0.15, -0.1) is 0 Å². The topological polar surface area (TPSA) is 32.3 Å². The van der Waals surface area contributed by atoms with E-state index in [0.29, 0.717) is 17.7 Å². The summed E-state index contributed by atoms with van der Waals surface area (Å²) >= 11 is 0. The van der Waals surface area contributed by atoms with Gasteiger partial charge in [0.2, 0.25) is 5.91 Å². The van der Waals surface area contributed by atoms with Gasteiger partial charge in [-0.2, -0.15) is 0 Å². The summed E-state index contributed by atoms with van der Waals surface area (Å²) in [6.45, 7) is 7.40. The Morgan fingerprint density at radius 3 is 2.83 bits per heavy atom. The van der Waals surface area contributed by atoms with Gasteiger partial charge in [0.25, 0.3) is 0 Å². The maximum Gasteiger partial charge on any atom is 0.222 e. The van der Waals surface area contributed by atoms with E-state index in [-0.39, 0.29) is 0 Å². The first-order valence-corrected chi connectivity index (χ1v) is 7.63. The average molecular weight is 254 g/mol. The molecule has 0 aromatic heterocycles. The highest BCUT2D eigenvalue weighted by molar-refractivity contribution is 5.76. The Hall–Kier alpha value is -0.570. The second kappa shape index (κ2) is 8.52.